The molecule has 0 saturated carbocycles. The highest BCUT2D eigenvalue weighted by Gasteiger charge is 2.17. The third kappa shape index (κ3) is 2.51. The number of aryl methyl sites for hydroxylation is 1. The van der Waals surface area contributed by atoms with Crippen molar-refractivity contribution in [3.8, 4) is 11.3 Å². The highest BCUT2D eigenvalue weighted by atomic mass is 32.1. The van der Waals surface area contributed by atoms with Crippen molar-refractivity contribution in [2.45, 2.75) is 25.9 Å². The van der Waals surface area contributed by atoms with E-state index >= 15 is 0 Å². The zero-order valence-corrected chi connectivity index (χ0v) is 13.4. The summed E-state index contributed by atoms with van der Waals surface area (Å²) in [7, 11) is 0. The number of thiazole rings is 1. The highest BCUT2D eigenvalue weighted by molar-refractivity contribution is 7.16. The van der Waals surface area contributed by atoms with Gasteiger partial charge in [-0.1, -0.05) is 18.2 Å². The molecule has 4 rings (SSSR count). The predicted molar refractivity (Wildman–Crippen MR) is 91.6 cm³/mol. The van der Waals surface area contributed by atoms with Crippen LogP contribution in [0.1, 0.15) is 17.7 Å². The maximum absolute atomic E-state index is 5.65. The van der Waals surface area contributed by atoms with Crippen LogP contribution in [0.5, 0.6) is 0 Å². The Kier molecular flexibility index (Phi) is 3.60. The minimum atomic E-state index is 0.334. The molecule has 1 aliphatic heterocycles. The summed E-state index contributed by atoms with van der Waals surface area (Å²) in [5.41, 5.74) is 3.39. The van der Waals surface area contributed by atoms with Crippen LogP contribution in [0, 0.1) is 6.92 Å². The lowest BCUT2D eigenvalue weighted by atomic mass is 10.1. The van der Waals surface area contributed by atoms with E-state index in [4.69, 9.17) is 9.72 Å². The van der Waals surface area contributed by atoms with Crippen molar-refractivity contribution in [3.63, 3.8) is 0 Å². The van der Waals surface area contributed by atoms with Crippen molar-refractivity contribution in [3.05, 3.63) is 35.3 Å². The van der Waals surface area contributed by atoms with Crippen LogP contribution in [0.3, 0.4) is 0 Å². The molecule has 1 atom stereocenters. The van der Waals surface area contributed by atoms with Crippen molar-refractivity contribution in [1.82, 2.24) is 9.97 Å². The van der Waals surface area contributed by atoms with Crippen LogP contribution in [0.15, 0.2) is 30.5 Å². The molecule has 114 valence electrons. The fraction of sp³-hybridized carbons (Fsp3) is 0.353. The Bertz CT molecular complexity index is 786. The van der Waals surface area contributed by atoms with Gasteiger partial charge in [-0.3, -0.25) is 0 Å². The topological polar surface area (TPSA) is 49.9 Å². The molecular formula is C17H19N3OS. The van der Waals surface area contributed by atoms with Crippen molar-refractivity contribution in [1.29, 1.82) is 0 Å². The number of ether oxygens (including phenoxy) is 1. The van der Waals surface area contributed by atoms with Crippen LogP contribution in [0.4, 0.5) is 5.13 Å². The van der Waals surface area contributed by atoms with Gasteiger partial charge in [-0.25, -0.2) is 4.98 Å². The van der Waals surface area contributed by atoms with E-state index in [2.05, 4.69) is 41.6 Å². The molecule has 1 aromatic carbocycles. The van der Waals surface area contributed by atoms with Gasteiger partial charge in [0, 0.05) is 40.7 Å². The minimum Gasteiger partial charge on any atom is -0.376 e. The average Bonchev–Trinajstić information content (AvgIpc) is 3.24. The molecule has 0 amide bonds. The van der Waals surface area contributed by atoms with Gasteiger partial charge in [-0.05, 0) is 25.8 Å². The summed E-state index contributed by atoms with van der Waals surface area (Å²) >= 11 is 1.71. The second kappa shape index (κ2) is 5.74. The van der Waals surface area contributed by atoms with Gasteiger partial charge in [0.25, 0.3) is 0 Å². The molecule has 5 heteroatoms. The second-order valence-electron chi connectivity index (χ2n) is 5.69. The van der Waals surface area contributed by atoms with Crippen molar-refractivity contribution >= 4 is 27.4 Å². The lowest BCUT2D eigenvalue weighted by Gasteiger charge is -2.09. The standard InChI is InChI=1S/C17H19N3OS/c1-11-16(14-10-18-15-7-3-2-6-13(14)15)20-17(22-11)19-9-12-5-4-8-21-12/h2-3,6-7,10,12,18H,4-5,8-9H2,1H3,(H,19,20)/t12-/m0/s1. The fourth-order valence-electron chi connectivity index (χ4n) is 3.00. The molecule has 3 aromatic rings. The summed E-state index contributed by atoms with van der Waals surface area (Å²) in [6.07, 6.45) is 4.70. The number of hydrogen-bond donors (Lipinski definition) is 2. The van der Waals surface area contributed by atoms with Crippen LogP contribution >= 0.6 is 11.3 Å². The molecule has 0 aliphatic carbocycles. The Balaban J connectivity index is 1.59. The number of hydrogen-bond acceptors (Lipinski definition) is 4. The summed E-state index contributed by atoms with van der Waals surface area (Å²) < 4.78 is 5.65. The number of para-hydroxylation sites is 1. The van der Waals surface area contributed by atoms with Crippen LogP contribution in [0.2, 0.25) is 0 Å². The van der Waals surface area contributed by atoms with Gasteiger partial charge in [0.2, 0.25) is 0 Å². The number of benzene rings is 1. The Hall–Kier alpha value is -1.85. The van der Waals surface area contributed by atoms with E-state index in [1.807, 2.05) is 6.07 Å². The van der Waals surface area contributed by atoms with Gasteiger partial charge >= 0.3 is 0 Å². The molecule has 0 radical (unpaired) electrons. The van der Waals surface area contributed by atoms with Gasteiger partial charge < -0.3 is 15.0 Å². The highest BCUT2D eigenvalue weighted by Crippen LogP contribution is 2.34. The summed E-state index contributed by atoms with van der Waals surface area (Å²) in [6, 6.07) is 8.35. The molecule has 22 heavy (non-hydrogen) atoms. The number of aromatic nitrogens is 2. The summed E-state index contributed by atoms with van der Waals surface area (Å²) in [6.45, 7) is 3.87. The van der Waals surface area contributed by atoms with E-state index in [9.17, 15) is 0 Å². The van der Waals surface area contributed by atoms with E-state index in [1.54, 1.807) is 11.3 Å². The number of fused-ring (bicyclic) bond motifs is 1. The van der Waals surface area contributed by atoms with Gasteiger partial charge in [-0.2, -0.15) is 0 Å². The molecular weight excluding hydrogens is 294 g/mol. The molecule has 1 saturated heterocycles. The average molecular weight is 313 g/mol. The second-order valence-corrected chi connectivity index (χ2v) is 6.89. The first-order chi connectivity index (χ1) is 10.8. The van der Waals surface area contributed by atoms with Crippen molar-refractivity contribution in [2.75, 3.05) is 18.5 Å². The molecule has 0 bridgehead atoms. The molecule has 0 spiro atoms. The van der Waals surface area contributed by atoms with Crippen LogP contribution in [-0.2, 0) is 4.74 Å². The number of nitrogens with one attached hydrogen (secondary N) is 2. The molecule has 1 fully saturated rings. The van der Waals surface area contributed by atoms with Gasteiger partial charge in [0.05, 0.1) is 11.8 Å². The van der Waals surface area contributed by atoms with E-state index in [0.29, 0.717) is 6.10 Å². The lowest BCUT2D eigenvalue weighted by molar-refractivity contribution is 0.120. The Morgan fingerprint density at radius 3 is 3.18 bits per heavy atom. The lowest BCUT2D eigenvalue weighted by Crippen LogP contribution is -2.18. The third-order valence-corrected chi connectivity index (χ3v) is 5.07. The van der Waals surface area contributed by atoms with Crippen LogP contribution in [0.25, 0.3) is 22.2 Å². The molecule has 2 aromatic heterocycles. The Labute approximate surface area is 133 Å². The third-order valence-electron chi connectivity index (χ3n) is 4.15. The quantitative estimate of drug-likeness (QED) is 0.759. The van der Waals surface area contributed by atoms with E-state index < -0.39 is 0 Å². The number of H-pyrrole nitrogens is 1. The van der Waals surface area contributed by atoms with Crippen molar-refractivity contribution < 1.29 is 4.74 Å². The number of rotatable bonds is 4. The first kappa shape index (κ1) is 13.8. The monoisotopic (exact) mass is 313 g/mol. The Morgan fingerprint density at radius 2 is 2.32 bits per heavy atom. The normalized spacial score (nSPS) is 18.1. The number of anilines is 1. The fourth-order valence-corrected chi connectivity index (χ4v) is 3.83. The molecule has 1 aliphatic rings. The zero-order chi connectivity index (χ0) is 14.9. The SMILES string of the molecule is Cc1sc(NC[C@@H]2CCCO2)nc1-c1c[nH]c2ccccc12. The first-order valence-electron chi connectivity index (χ1n) is 7.70. The summed E-state index contributed by atoms with van der Waals surface area (Å²) in [5.74, 6) is 0. The largest absolute Gasteiger partial charge is 0.376 e. The van der Waals surface area contributed by atoms with Crippen molar-refractivity contribution in [2.24, 2.45) is 0 Å². The molecule has 0 unspecified atom stereocenters. The minimum absolute atomic E-state index is 0.334. The van der Waals surface area contributed by atoms with E-state index in [1.165, 1.54) is 22.2 Å². The van der Waals surface area contributed by atoms with E-state index in [0.717, 1.165) is 35.9 Å². The van der Waals surface area contributed by atoms with Gasteiger partial charge in [0.15, 0.2) is 5.13 Å². The number of aromatic amines is 1. The summed E-state index contributed by atoms with van der Waals surface area (Å²) in [5, 5.41) is 5.63. The van der Waals surface area contributed by atoms with Gasteiger partial charge in [-0.15, -0.1) is 11.3 Å². The maximum Gasteiger partial charge on any atom is 0.183 e. The van der Waals surface area contributed by atoms with Crippen LogP contribution < -0.4 is 5.32 Å². The zero-order valence-electron chi connectivity index (χ0n) is 12.6. The predicted octanol–water partition coefficient (Wildman–Crippen LogP) is 4.19. The van der Waals surface area contributed by atoms with Crippen LogP contribution in [-0.4, -0.2) is 29.2 Å². The Morgan fingerprint density at radius 1 is 1.41 bits per heavy atom. The van der Waals surface area contributed by atoms with Gasteiger partial charge in [0.1, 0.15) is 0 Å². The van der Waals surface area contributed by atoms with E-state index in [-0.39, 0.29) is 0 Å². The smallest absolute Gasteiger partial charge is 0.183 e. The molecule has 3 heterocycles. The summed E-state index contributed by atoms with van der Waals surface area (Å²) in [4.78, 5) is 9.36. The molecule has 4 nitrogen and oxygen atoms in total. The first-order valence-corrected chi connectivity index (χ1v) is 8.52. The maximum atomic E-state index is 5.65. The molecule has 2 N–H and O–H groups in total. The number of nitrogens with zero attached hydrogens (tertiary/aromatic N) is 1.